The standard InChI is InChI=1S/C48H69FN6O10S/c1-31-42(66-30-53-31)35-12-13-36(27-52-44(58)39-26-37(56)28-55(39)45(59)43(47(3,4)5)54-46(60)48(49)16-17-48)40(25-35)64-24-23-63-22-21-62-20-19-61-18-6-7-33-8-10-34(11-9-33)29-65-32(2)38(50)14-15-41(51)57/h8-13,25,30,32,37-39,43,56H,6-7,14-24,26-29,50H2,1-5H3,(H2,51,57)(H,52,58)(H,54,60)/t32-,37-,38?,39+,43-/m1/s1. The summed E-state index contributed by atoms with van der Waals surface area (Å²) in [5.41, 5.74) is 15.1. The Balaban J connectivity index is 0.999. The molecule has 2 aliphatic rings. The van der Waals surface area contributed by atoms with E-state index in [0.717, 1.165) is 34.5 Å². The van der Waals surface area contributed by atoms with E-state index < -0.39 is 47.0 Å². The van der Waals surface area contributed by atoms with Crippen LogP contribution in [0.1, 0.15) is 88.6 Å². The highest BCUT2D eigenvalue weighted by molar-refractivity contribution is 7.13. The SMILES string of the molecule is Cc1ncsc1-c1ccc(CNC(=O)[C@@H]2C[C@@H](O)CN2C(=O)[C@@H](NC(=O)C2(F)CC2)C(C)(C)C)c(OCCOCCOCCOCCCc2ccc(CO[C@H](C)C(N)CCC(N)=O)cc2)c1. The van der Waals surface area contributed by atoms with Gasteiger partial charge in [-0.15, -0.1) is 11.3 Å². The molecule has 1 unspecified atom stereocenters. The molecule has 1 aromatic heterocycles. The molecule has 4 amide bonds. The number of β-amino-alcohol motifs (C(OH)–C–C–N with tert-alkyl or cyclic N) is 1. The number of likely N-dealkylation sites (tertiary alicyclic amines) is 1. The fraction of sp³-hybridized carbons (Fsp3) is 0.604. The molecule has 66 heavy (non-hydrogen) atoms. The minimum atomic E-state index is -1.97. The van der Waals surface area contributed by atoms with Gasteiger partial charge in [-0.2, -0.15) is 0 Å². The number of nitrogens with zero attached hydrogens (tertiary/aromatic N) is 2. The normalized spacial score (nSPS) is 18.1. The van der Waals surface area contributed by atoms with Gasteiger partial charge in [0.25, 0.3) is 5.91 Å². The van der Waals surface area contributed by atoms with Crippen LogP contribution in [0.25, 0.3) is 10.4 Å². The van der Waals surface area contributed by atoms with E-state index in [0.29, 0.717) is 64.0 Å². The molecule has 364 valence electrons. The Morgan fingerprint density at radius 3 is 2.26 bits per heavy atom. The number of hydrogen-bond donors (Lipinski definition) is 5. The Morgan fingerprint density at radius 2 is 1.64 bits per heavy atom. The summed E-state index contributed by atoms with van der Waals surface area (Å²) in [5.74, 6) is -1.67. The van der Waals surface area contributed by atoms with Crippen molar-refractivity contribution in [2.24, 2.45) is 16.9 Å². The predicted molar refractivity (Wildman–Crippen MR) is 248 cm³/mol. The molecule has 3 aromatic rings. The summed E-state index contributed by atoms with van der Waals surface area (Å²) in [6, 6.07) is 11.6. The molecular formula is C48H69FN6O10S. The van der Waals surface area contributed by atoms with Crippen LogP contribution in [0.3, 0.4) is 0 Å². The number of carbonyl (C=O) groups is 4. The van der Waals surface area contributed by atoms with Gasteiger partial charge in [-0.05, 0) is 74.1 Å². The van der Waals surface area contributed by atoms with Crippen molar-refractivity contribution in [1.82, 2.24) is 20.5 Å². The molecule has 1 aliphatic heterocycles. The summed E-state index contributed by atoms with van der Waals surface area (Å²) in [4.78, 5) is 57.9. The molecule has 5 atom stereocenters. The van der Waals surface area contributed by atoms with Crippen LogP contribution >= 0.6 is 11.3 Å². The van der Waals surface area contributed by atoms with Gasteiger partial charge in [0.1, 0.15) is 24.4 Å². The fourth-order valence-corrected chi connectivity index (χ4v) is 8.20. The molecule has 0 radical (unpaired) electrons. The summed E-state index contributed by atoms with van der Waals surface area (Å²) in [6.07, 6.45) is 1.60. The van der Waals surface area contributed by atoms with Gasteiger partial charge >= 0.3 is 0 Å². The summed E-state index contributed by atoms with van der Waals surface area (Å²) in [6.45, 7) is 12.3. The molecule has 0 bridgehead atoms. The van der Waals surface area contributed by atoms with E-state index >= 15 is 0 Å². The zero-order valence-electron chi connectivity index (χ0n) is 39.0. The highest BCUT2D eigenvalue weighted by Crippen LogP contribution is 2.40. The molecule has 2 heterocycles. The van der Waals surface area contributed by atoms with Crippen LogP contribution in [-0.2, 0) is 57.7 Å². The predicted octanol–water partition coefficient (Wildman–Crippen LogP) is 4.29. The van der Waals surface area contributed by atoms with Crippen molar-refractivity contribution < 1.29 is 52.4 Å². The number of ether oxygens (including phenoxy) is 5. The van der Waals surface area contributed by atoms with Gasteiger partial charge in [-0.1, -0.05) is 57.2 Å². The van der Waals surface area contributed by atoms with Gasteiger partial charge < -0.3 is 55.8 Å². The van der Waals surface area contributed by atoms with E-state index in [4.69, 9.17) is 35.2 Å². The summed E-state index contributed by atoms with van der Waals surface area (Å²) in [5, 5.41) is 16.1. The molecule has 7 N–H and O–H groups in total. The Hall–Kier alpha value is -4.56. The lowest BCUT2D eigenvalue weighted by molar-refractivity contribution is -0.145. The van der Waals surface area contributed by atoms with Crippen LogP contribution in [0.15, 0.2) is 48.0 Å². The van der Waals surface area contributed by atoms with E-state index in [2.05, 4.69) is 27.8 Å². The number of nitrogens with two attached hydrogens (primary N) is 2. The lowest BCUT2D eigenvalue weighted by atomic mass is 9.85. The van der Waals surface area contributed by atoms with Crippen molar-refractivity contribution >= 4 is 35.0 Å². The summed E-state index contributed by atoms with van der Waals surface area (Å²) in [7, 11) is 0. The molecular weight excluding hydrogens is 872 g/mol. The number of benzene rings is 2. The van der Waals surface area contributed by atoms with E-state index in [1.807, 2.05) is 44.2 Å². The number of nitrogens with one attached hydrogen (secondary N) is 2. The number of aromatic nitrogens is 1. The van der Waals surface area contributed by atoms with Gasteiger partial charge in [0.15, 0.2) is 5.67 Å². The average Bonchev–Trinajstić information content (AvgIpc) is 3.69. The van der Waals surface area contributed by atoms with Crippen molar-refractivity contribution in [3.63, 3.8) is 0 Å². The maximum atomic E-state index is 14.6. The van der Waals surface area contributed by atoms with Crippen LogP contribution in [0.4, 0.5) is 4.39 Å². The lowest BCUT2D eigenvalue weighted by Crippen LogP contribution is -2.59. The van der Waals surface area contributed by atoms with E-state index in [-0.39, 0.29) is 63.4 Å². The third kappa shape index (κ3) is 16.1. The number of halogens is 1. The number of amides is 4. The number of aliphatic hydroxyl groups excluding tert-OH is 1. The van der Waals surface area contributed by atoms with Gasteiger partial charge in [-0.3, -0.25) is 19.2 Å². The number of aryl methyl sites for hydroxylation is 2. The minimum Gasteiger partial charge on any atom is -0.491 e. The molecule has 1 saturated heterocycles. The van der Waals surface area contributed by atoms with Crippen LogP contribution in [0, 0.1) is 12.3 Å². The Morgan fingerprint density at radius 1 is 0.985 bits per heavy atom. The molecule has 1 aliphatic carbocycles. The number of alkyl halides is 1. The fourth-order valence-electron chi connectivity index (χ4n) is 7.40. The minimum absolute atomic E-state index is 0.0194. The van der Waals surface area contributed by atoms with E-state index in [1.54, 1.807) is 26.3 Å². The number of hydrogen-bond acceptors (Lipinski definition) is 13. The first kappa shape index (κ1) is 52.4. The first-order valence-corrected chi connectivity index (χ1v) is 23.7. The quantitative estimate of drug-likeness (QED) is 0.0643. The van der Waals surface area contributed by atoms with Crippen LogP contribution < -0.4 is 26.8 Å². The van der Waals surface area contributed by atoms with Crippen molar-refractivity contribution in [3.05, 3.63) is 70.4 Å². The van der Waals surface area contributed by atoms with E-state index in [1.165, 1.54) is 21.8 Å². The molecule has 18 heteroatoms. The molecule has 16 nitrogen and oxygen atoms in total. The van der Waals surface area contributed by atoms with Crippen LogP contribution in [0.5, 0.6) is 5.75 Å². The number of aliphatic hydroxyl groups is 1. The van der Waals surface area contributed by atoms with Crippen molar-refractivity contribution in [3.8, 4) is 16.2 Å². The second-order valence-electron chi connectivity index (χ2n) is 18.2. The van der Waals surface area contributed by atoms with Crippen molar-refractivity contribution in [2.45, 2.75) is 129 Å². The molecule has 5 rings (SSSR count). The second-order valence-corrected chi connectivity index (χ2v) is 19.1. The first-order chi connectivity index (χ1) is 31.4. The van der Waals surface area contributed by atoms with Gasteiger partial charge in [0.2, 0.25) is 17.7 Å². The van der Waals surface area contributed by atoms with Crippen molar-refractivity contribution in [1.29, 1.82) is 0 Å². The lowest BCUT2D eigenvalue weighted by Gasteiger charge is -2.35. The van der Waals surface area contributed by atoms with Gasteiger partial charge in [0.05, 0.1) is 67.9 Å². The number of rotatable bonds is 28. The Labute approximate surface area is 391 Å². The summed E-state index contributed by atoms with van der Waals surface area (Å²) < 4.78 is 43.9. The third-order valence-electron chi connectivity index (χ3n) is 11.7. The number of thiazole rings is 1. The Bertz CT molecular complexity index is 2040. The van der Waals surface area contributed by atoms with E-state index in [9.17, 15) is 28.7 Å². The largest absolute Gasteiger partial charge is 0.491 e. The topological polar surface area (TPSA) is 227 Å². The van der Waals surface area contributed by atoms with Crippen LogP contribution in [0.2, 0.25) is 0 Å². The molecule has 1 saturated carbocycles. The van der Waals surface area contributed by atoms with Crippen LogP contribution in [-0.4, -0.2) is 127 Å². The number of carbonyl (C=O) groups excluding carboxylic acids is 4. The summed E-state index contributed by atoms with van der Waals surface area (Å²) >= 11 is 1.51. The number of primary amides is 1. The zero-order chi connectivity index (χ0) is 47.9. The maximum Gasteiger partial charge on any atom is 0.258 e. The second kappa shape index (κ2) is 25.0. The smallest absolute Gasteiger partial charge is 0.258 e. The average molecular weight is 941 g/mol. The first-order valence-electron chi connectivity index (χ1n) is 22.8. The Kier molecular flexibility index (Phi) is 19.8. The maximum absolute atomic E-state index is 14.6. The molecule has 2 aromatic carbocycles. The zero-order valence-corrected chi connectivity index (χ0v) is 39.8. The molecule has 2 fully saturated rings. The van der Waals surface area contributed by atoms with Gasteiger partial charge in [0, 0.05) is 44.1 Å². The van der Waals surface area contributed by atoms with Gasteiger partial charge in [-0.25, -0.2) is 9.37 Å². The van der Waals surface area contributed by atoms with Crippen molar-refractivity contribution in [2.75, 3.05) is 52.8 Å². The highest BCUT2D eigenvalue weighted by atomic mass is 32.1. The molecule has 0 spiro atoms. The monoisotopic (exact) mass is 940 g/mol. The third-order valence-corrected chi connectivity index (χ3v) is 12.7. The highest BCUT2D eigenvalue weighted by Gasteiger charge is 2.53.